The Hall–Kier alpha value is -4.55. The van der Waals surface area contributed by atoms with E-state index in [-0.39, 0.29) is 30.5 Å². The molecule has 3 atom stereocenters. The van der Waals surface area contributed by atoms with Crippen molar-refractivity contribution in [2.75, 3.05) is 5.75 Å². The Morgan fingerprint density at radius 2 is 1.69 bits per heavy atom. The first-order valence-electron chi connectivity index (χ1n) is 14.6. The highest BCUT2D eigenvalue weighted by molar-refractivity contribution is 7.99. The summed E-state index contributed by atoms with van der Waals surface area (Å²) in [7, 11) is 0. The Morgan fingerprint density at radius 1 is 0.933 bits per heavy atom. The lowest BCUT2D eigenvalue weighted by Crippen LogP contribution is -2.31. The minimum absolute atomic E-state index is 0.0188. The zero-order chi connectivity index (χ0) is 31.2. The van der Waals surface area contributed by atoms with Gasteiger partial charge in [0.15, 0.2) is 6.29 Å². The Bertz CT molecular complexity index is 1730. The number of aliphatic hydroxyl groups is 1. The van der Waals surface area contributed by atoms with E-state index >= 15 is 0 Å². The molecular formula is C34H33N5O5S. The Balaban J connectivity index is 1.20. The second-order valence-electron chi connectivity index (χ2n) is 10.8. The largest absolute Gasteiger partial charge is 0.508 e. The molecule has 4 aromatic carbocycles. The zero-order valence-corrected chi connectivity index (χ0v) is 25.4. The Morgan fingerprint density at radius 3 is 2.42 bits per heavy atom. The van der Waals surface area contributed by atoms with Crippen LogP contribution in [0.4, 0.5) is 0 Å². The normalized spacial score (nSPS) is 18.0. The average Bonchev–Trinajstić information content (AvgIpc) is 3.55. The molecule has 1 amide bonds. The molecule has 1 saturated heterocycles. The van der Waals surface area contributed by atoms with Crippen LogP contribution in [-0.4, -0.2) is 48.2 Å². The van der Waals surface area contributed by atoms with Gasteiger partial charge in [-0.05, 0) is 68.6 Å². The zero-order valence-electron chi connectivity index (χ0n) is 24.6. The number of aliphatic hydroxyl groups excluding tert-OH is 1. The molecule has 0 spiro atoms. The summed E-state index contributed by atoms with van der Waals surface area (Å²) in [6.45, 7) is 1.97. The number of tetrazole rings is 1. The number of benzene rings is 4. The predicted molar refractivity (Wildman–Crippen MR) is 169 cm³/mol. The number of hydrogen-bond donors (Lipinski definition) is 3. The maximum Gasteiger partial charge on any atom is 0.217 e. The van der Waals surface area contributed by atoms with Gasteiger partial charge in [0, 0.05) is 31.2 Å². The molecular weight excluding hydrogens is 590 g/mol. The van der Waals surface area contributed by atoms with Crippen molar-refractivity contribution >= 4 is 17.7 Å². The van der Waals surface area contributed by atoms with Crippen molar-refractivity contribution in [3.05, 3.63) is 119 Å². The number of nitrogens with zero attached hydrogens (tertiary/aromatic N) is 4. The van der Waals surface area contributed by atoms with Gasteiger partial charge in [0.25, 0.3) is 0 Å². The van der Waals surface area contributed by atoms with E-state index in [0.717, 1.165) is 39.1 Å². The molecule has 10 nitrogen and oxygen atoms in total. The molecule has 1 aliphatic heterocycles. The third-order valence-electron chi connectivity index (χ3n) is 7.53. The van der Waals surface area contributed by atoms with Crippen LogP contribution in [0.15, 0.2) is 102 Å². The van der Waals surface area contributed by atoms with Gasteiger partial charge in [-0.1, -0.05) is 78.5 Å². The second-order valence-corrected chi connectivity index (χ2v) is 11.8. The lowest BCUT2D eigenvalue weighted by Gasteiger charge is -2.36. The highest BCUT2D eigenvalue weighted by Gasteiger charge is 2.32. The van der Waals surface area contributed by atoms with Crippen LogP contribution >= 0.6 is 11.8 Å². The summed E-state index contributed by atoms with van der Waals surface area (Å²) in [6, 6.07) is 30.7. The monoisotopic (exact) mass is 623 g/mol. The third-order valence-corrected chi connectivity index (χ3v) is 8.58. The van der Waals surface area contributed by atoms with Crippen molar-refractivity contribution < 1.29 is 24.5 Å². The number of phenolic OH excluding ortho intramolecular Hbond substituents is 1. The van der Waals surface area contributed by atoms with Crippen LogP contribution in [-0.2, 0) is 27.4 Å². The maximum absolute atomic E-state index is 11.3. The van der Waals surface area contributed by atoms with Gasteiger partial charge in [-0.15, -0.1) is 5.10 Å². The smallest absolute Gasteiger partial charge is 0.217 e. The Kier molecular flexibility index (Phi) is 9.51. The second kappa shape index (κ2) is 14.0. The Labute approximate surface area is 265 Å². The van der Waals surface area contributed by atoms with E-state index in [1.165, 1.54) is 18.7 Å². The molecule has 0 saturated carbocycles. The van der Waals surface area contributed by atoms with Gasteiger partial charge in [-0.2, -0.15) is 4.68 Å². The minimum atomic E-state index is -0.597. The fraction of sp³-hybridized carbons (Fsp3) is 0.235. The molecule has 11 heteroatoms. The van der Waals surface area contributed by atoms with Crippen LogP contribution in [0.25, 0.3) is 16.8 Å². The molecule has 5 aromatic rings. The minimum Gasteiger partial charge on any atom is -0.508 e. The number of carbonyl (C=O) groups excluding carboxylic acids is 1. The molecule has 2 heterocycles. The average molecular weight is 624 g/mol. The number of aromatic nitrogens is 4. The first-order valence-corrected chi connectivity index (χ1v) is 15.6. The van der Waals surface area contributed by atoms with E-state index in [2.05, 4.69) is 39.0 Å². The van der Waals surface area contributed by atoms with Crippen LogP contribution in [0, 0.1) is 0 Å². The van der Waals surface area contributed by atoms with Crippen LogP contribution < -0.4 is 5.32 Å². The fourth-order valence-electron chi connectivity index (χ4n) is 5.14. The molecule has 0 unspecified atom stereocenters. The van der Waals surface area contributed by atoms with Gasteiger partial charge >= 0.3 is 0 Å². The van der Waals surface area contributed by atoms with Crippen molar-refractivity contribution in [2.45, 2.75) is 50.2 Å². The van der Waals surface area contributed by atoms with E-state index in [1.54, 1.807) is 28.9 Å². The lowest BCUT2D eigenvalue weighted by atomic mass is 9.99. The summed E-state index contributed by atoms with van der Waals surface area (Å²) < 4.78 is 14.7. The summed E-state index contributed by atoms with van der Waals surface area (Å²) >= 11 is 1.49. The summed E-state index contributed by atoms with van der Waals surface area (Å²) in [4.78, 5) is 11.3. The number of carbonyl (C=O) groups is 1. The molecule has 230 valence electrons. The topological polar surface area (TPSA) is 132 Å². The first kappa shape index (κ1) is 30.5. The fourth-order valence-corrected chi connectivity index (χ4v) is 6.04. The molecule has 1 aromatic heterocycles. The summed E-state index contributed by atoms with van der Waals surface area (Å²) in [5, 5.41) is 34.8. The number of amides is 1. The highest BCUT2D eigenvalue weighted by atomic mass is 32.2. The van der Waals surface area contributed by atoms with Crippen molar-refractivity contribution in [2.24, 2.45) is 0 Å². The standard InChI is InChI=1S/C34H33N5O5S/c1-22(41)35-19-24-3-2-4-28(17-24)25-9-11-27(12-10-25)33-43-31(18-32(44-33)26-7-5-23(20-40)6-8-26)21-45-34-36-37-38-39(34)29-13-15-30(42)16-14-29/h2-17,31-33,40,42H,18-21H2,1H3,(H,35,41)/t31-,32+,33+/m0/s1. The maximum atomic E-state index is 11.3. The van der Waals surface area contributed by atoms with E-state index < -0.39 is 6.29 Å². The van der Waals surface area contributed by atoms with Gasteiger partial charge < -0.3 is 25.0 Å². The summed E-state index contributed by atoms with van der Waals surface area (Å²) in [6.07, 6.45) is -0.367. The van der Waals surface area contributed by atoms with Crippen molar-refractivity contribution in [3.8, 4) is 22.6 Å². The molecule has 1 aliphatic rings. The number of rotatable bonds is 10. The van der Waals surface area contributed by atoms with Gasteiger partial charge in [-0.3, -0.25) is 4.79 Å². The molecule has 0 radical (unpaired) electrons. The van der Waals surface area contributed by atoms with Gasteiger partial charge in [0.1, 0.15) is 5.75 Å². The molecule has 1 fully saturated rings. The van der Waals surface area contributed by atoms with Gasteiger partial charge in [0.05, 0.1) is 24.5 Å². The molecule has 6 rings (SSSR count). The molecule has 0 aliphatic carbocycles. The number of aromatic hydroxyl groups is 1. The highest BCUT2D eigenvalue weighted by Crippen LogP contribution is 2.40. The van der Waals surface area contributed by atoms with E-state index in [4.69, 9.17) is 9.47 Å². The van der Waals surface area contributed by atoms with Crippen LogP contribution in [0.2, 0.25) is 0 Å². The van der Waals surface area contributed by atoms with Crippen molar-refractivity contribution in [3.63, 3.8) is 0 Å². The number of nitrogens with one attached hydrogen (secondary N) is 1. The molecule has 45 heavy (non-hydrogen) atoms. The molecule has 3 N–H and O–H groups in total. The quantitative estimate of drug-likeness (QED) is 0.173. The van der Waals surface area contributed by atoms with Crippen LogP contribution in [0.3, 0.4) is 0 Å². The van der Waals surface area contributed by atoms with E-state index in [9.17, 15) is 15.0 Å². The van der Waals surface area contributed by atoms with E-state index in [0.29, 0.717) is 23.9 Å². The predicted octanol–water partition coefficient (Wildman–Crippen LogP) is 5.50. The first-order chi connectivity index (χ1) is 21.9. The van der Waals surface area contributed by atoms with Crippen LogP contribution in [0.5, 0.6) is 5.75 Å². The molecule has 0 bridgehead atoms. The summed E-state index contributed by atoms with van der Waals surface area (Å²) in [5.41, 5.74) is 6.62. The lowest BCUT2D eigenvalue weighted by molar-refractivity contribution is -0.245. The number of ether oxygens (including phenoxy) is 2. The summed E-state index contributed by atoms with van der Waals surface area (Å²) in [5.74, 6) is 0.694. The SMILES string of the molecule is CC(=O)NCc1cccc(-c2ccc([C@@H]3O[C@H](CSc4nnnn4-c4ccc(O)cc4)C[C@H](c4ccc(CO)cc4)O3)cc2)c1. The van der Waals surface area contributed by atoms with Crippen LogP contribution in [0.1, 0.15) is 48.0 Å². The number of thioether (sulfide) groups is 1. The third kappa shape index (κ3) is 7.58. The number of phenols is 1. The number of hydrogen-bond acceptors (Lipinski definition) is 9. The van der Waals surface area contributed by atoms with Gasteiger partial charge in [0.2, 0.25) is 11.1 Å². The van der Waals surface area contributed by atoms with Crippen molar-refractivity contribution in [1.29, 1.82) is 0 Å². The van der Waals surface area contributed by atoms with Gasteiger partial charge in [-0.25, -0.2) is 0 Å². The van der Waals surface area contributed by atoms with E-state index in [1.807, 2.05) is 54.6 Å². The van der Waals surface area contributed by atoms with Crippen molar-refractivity contribution in [1.82, 2.24) is 25.5 Å².